The van der Waals surface area contributed by atoms with E-state index >= 15 is 0 Å². The molecule has 2 aliphatic carbocycles. The van der Waals surface area contributed by atoms with Crippen molar-refractivity contribution in [1.29, 1.82) is 0 Å². The molecule has 3 aliphatic rings. The molecular weight excluding hydrogens is 366 g/mol. The van der Waals surface area contributed by atoms with E-state index in [1.54, 1.807) is 11.8 Å². The summed E-state index contributed by atoms with van der Waals surface area (Å²) in [4.78, 5) is 13.9. The van der Waals surface area contributed by atoms with Gasteiger partial charge in [-0.2, -0.15) is 0 Å². The number of thioether (sulfide) groups is 1. The Morgan fingerprint density at radius 1 is 1.32 bits per heavy atom. The van der Waals surface area contributed by atoms with Crippen LogP contribution in [0.15, 0.2) is 83.1 Å². The van der Waals surface area contributed by atoms with Crippen molar-refractivity contribution in [3.05, 3.63) is 83.1 Å². The Morgan fingerprint density at radius 3 is 3.00 bits per heavy atom. The highest BCUT2D eigenvalue weighted by Crippen LogP contribution is 2.41. The van der Waals surface area contributed by atoms with Gasteiger partial charge in [-0.15, -0.1) is 0 Å². The first-order chi connectivity index (χ1) is 13.6. The zero-order valence-corrected chi connectivity index (χ0v) is 17.6. The molecule has 1 fully saturated rings. The standard InChI is InChI=1S/C24H29NO2S/c1-4-10-19(16-15-18(3)27-20-12-7-5-6-8-13-20)24-25-23(26)22-17(2)11-9-14-21(22)28-24/h5-12,14-18,22,24H,4,13H2,1-3H3,(H,25,26)/b16-15-,19-10+. The smallest absolute Gasteiger partial charge is 0.229 e. The van der Waals surface area contributed by atoms with Gasteiger partial charge >= 0.3 is 0 Å². The monoisotopic (exact) mass is 395 g/mol. The second-order valence-corrected chi connectivity index (χ2v) is 8.42. The van der Waals surface area contributed by atoms with Crippen LogP contribution in [-0.4, -0.2) is 17.4 Å². The maximum absolute atomic E-state index is 12.7. The lowest BCUT2D eigenvalue weighted by Gasteiger charge is -2.35. The SMILES string of the molecule is CC/C=C(\C=C/C(C)OC1=CC=CC=CC1)C1NC(=O)C2C(=CC=CC2C)S1. The summed E-state index contributed by atoms with van der Waals surface area (Å²) in [5, 5.41) is 3.15. The van der Waals surface area contributed by atoms with E-state index < -0.39 is 0 Å². The Kier molecular flexibility index (Phi) is 7.21. The third-order valence-corrected chi connectivity index (χ3v) is 6.20. The minimum atomic E-state index is -0.0555. The van der Waals surface area contributed by atoms with Crippen LogP contribution in [0.3, 0.4) is 0 Å². The van der Waals surface area contributed by atoms with E-state index in [9.17, 15) is 4.79 Å². The van der Waals surface area contributed by atoms with Crippen molar-refractivity contribution in [2.45, 2.75) is 45.1 Å². The average molecular weight is 396 g/mol. The predicted molar refractivity (Wildman–Crippen MR) is 118 cm³/mol. The molecule has 4 heteroatoms. The van der Waals surface area contributed by atoms with Gasteiger partial charge in [0.25, 0.3) is 0 Å². The highest BCUT2D eigenvalue weighted by atomic mass is 32.2. The van der Waals surface area contributed by atoms with Crippen molar-refractivity contribution in [3.63, 3.8) is 0 Å². The highest BCUT2D eigenvalue weighted by Gasteiger charge is 2.37. The first-order valence-corrected chi connectivity index (χ1v) is 10.9. The van der Waals surface area contributed by atoms with Crippen LogP contribution in [-0.2, 0) is 9.53 Å². The number of hydrogen-bond donors (Lipinski definition) is 1. The van der Waals surface area contributed by atoms with Gasteiger partial charge in [0.2, 0.25) is 5.91 Å². The maximum Gasteiger partial charge on any atom is 0.229 e. The molecule has 0 saturated carbocycles. The van der Waals surface area contributed by atoms with E-state index in [1.165, 1.54) is 0 Å². The van der Waals surface area contributed by atoms with Crippen molar-refractivity contribution >= 4 is 17.7 Å². The van der Waals surface area contributed by atoms with E-state index in [2.05, 4.69) is 61.7 Å². The molecule has 3 nitrogen and oxygen atoms in total. The molecule has 1 saturated heterocycles. The molecule has 0 aromatic rings. The van der Waals surface area contributed by atoms with Gasteiger partial charge < -0.3 is 10.1 Å². The first kappa shape index (κ1) is 20.5. The van der Waals surface area contributed by atoms with E-state index in [0.29, 0.717) is 0 Å². The van der Waals surface area contributed by atoms with Crippen molar-refractivity contribution in [3.8, 4) is 0 Å². The number of rotatable bonds is 6. The van der Waals surface area contributed by atoms with E-state index in [-0.39, 0.29) is 29.2 Å². The van der Waals surface area contributed by atoms with Crippen LogP contribution in [0.25, 0.3) is 0 Å². The van der Waals surface area contributed by atoms with Crippen LogP contribution >= 0.6 is 11.8 Å². The van der Waals surface area contributed by atoms with Gasteiger partial charge in [-0.25, -0.2) is 0 Å². The highest BCUT2D eigenvalue weighted by molar-refractivity contribution is 8.04. The first-order valence-electron chi connectivity index (χ1n) is 10.0. The number of nitrogens with one attached hydrogen (secondary N) is 1. The summed E-state index contributed by atoms with van der Waals surface area (Å²) in [6, 6.07) is 0. The minimum Gasteiger partial charge on any atom is -0.491 e. The summed E-state index contributed by atoms with van der Waals surface area (Å²) in [6.07, 6.45) is 24.4. The molecule has 4 atom stereocenters. The summed E-state index contributed by atoms with van der Waals surface area (Å²) >= 11 is 1.75. The van der Waals surface area contributed by atoms with Crippen LogP contribution in [0.5, 0.6) is 0 Å². The van der Waals surface area contributed by atoms with Gasteiger partial charge in [0, 0.05) is 11.3 Å². The summed E-state index contributed by atoms with van der Waals surface area (Å²) in [5.74, 6) is 1.27. The summed E-state index contributed by atoms with van der Waals surface area (Å²) in [5.41, 5.74) is 1.12. The summed E-state index contributed by atoms with van der Waals surface area (Å²) < 4.78 is 6.04. The fraction of sp³-hybridized carbons (Fsp3) is 0.375. The van der Waals surface area contributed by atoms with Crippen molar-refractivity contribution in [1.82, 2.24) is 5.32 Å². The van der Waals surface area contributed by atoms with Gasteiger partial charge in [0.1, 0.15) is 17.2 Å². The Bertz CT molecular complexity index is 797. The van der Waals surface area contributed by atoms with E-state index in [4.69, 9.17) is 4.74 Å². The molecule has 1 heterocycles. The van der Waals surface area contributed by atoms with Gasteiger partial charge in [0.15, 0.2) is 0 Å². The summed E-state index contributed by atoms with van der Waals surface area (Å²) in [7, 11) is 0. The Morgan fingerprint density at radius 2 is 2.18 bits per heavy atom. The number of amides is 1. The topological polar surface area (TPSA) is 38.3 Å². The quantitative estimate of drug-likeness (QED) is 0.597. The molecule has 3 rings (SSSR count). The predicted octanol–water partition coefficient (Wildman–Crippen LogP) is 5.58. The summed E-state index contributed by atoms with van der Waals surface area (Å²) in [6.45, 7) is 6.26. The molecule has 0 radical (unpaired) electrons. The second-order valence-electron chi connectivity index (χ2n) is 7.24. The molecule has 28 heavy (non-hydrogen) atoms. The third-order valence-electron chi connectivity index (χ3n) is 4.92. The number of allylic oxidation sites excluding steroid dienone is 9. The van der Waals surface area contributed by atoms with Crippen molar-refractivity contribution in [2.75, 3.05) is 0 Å². The molecule has 0 aromatic carbocycles. The van der Waals surface area contributed by atoms with Gasteiger partial charge in [-0.1, -0.05) is 80.3 Å². The lowest BCUT2D eigenvalue weighted by molar-refractivity contribution is -0.124. The molecule has 0 aromatic heterocycles. The molecule has 1 aliphatic heterocycles. The largest absolute Gasteiger partial charge is 0.491 e. The molecule has 0 spiro atoms. The van der Waals surface area contributed by atoms with E-state index in [1.807, 2.05) is 31.2 Å². The Hall–Kier alpha value is -2.20. The zero-order valence-electron chi connectivity index (χ0n) is 16.8. The molecule has 1 amide bonds. The van der Waals surface area contributed by atoms with Crippen LogP contribution in [0.1, 0.15) is 33.6 Å². The van der Waals surface area contributed by atoms with Gasteiger partial charge in [-0.3, -0.25) is 4.79 Å². The number of ether oxygens (including phenoxy) is 1. The van der Waals surface area contributed by atoms with Gasteiger partial charge in [-0.05, 0) is 37.0 Å². The maximum atomic E-state index is 12.7. The van der Waals surface area contributed by atoms with Crippen LogP contribution in [0, 0.1) is 11.8 Å². The van der Waals surface area contributed by atoms with Crippen LogP contribution in [0.4, 0.5) is 0 Å². The number of carbonyl (C=O) groups excluding carboxylic acids is 1. The Labute approximate surface area is 172 Å². The van der Waals surface area contributed by atoms with Crippen molar-refractivity contribution in [2.24, 2.45) is 11.8 Å². The van der Waals surface area contributed by atoms with Gasteiger partial charge in [0.05, 0.1) is 5.92 Å². The number of fused-ring (bicyclic) bond motifs is 1. The molecule has 0 bridgehead atoms. The minimum absolute atomic E-state index is 0.0414. The fourth-order valence-corrected chi connectivity index (χ4v) is 4.87. The number of hydrogen-bond acceptors (Lipinski definition) is 3. The van der Waals surface area contributed by atoms with Crippen molar-refractivity contribution < 1.29 is 9.53 Å². The molecule has 148 valence electrons. The normalized spacial score (nSPS) is 28.3. The zero-order chi connectivity index (χ0) is 19.9. The molecule has 4 unspecified atom stereocenters. The second kappa shape index (κ2) is 9.83. The van der Waals surface area contributed by atoms with Crippen LogP contribution in [0.2, 0.25) is 0 Å². The molecular formula is C24H29NO2S. The number of carbonyl (C=O) groups is 1. The van der Waals surface area contributed by atoms with Crippen LogP contribution < -0.4 is 5.32 Å². The lowest BCUT2D eigenvalue weighted by Crippen LogP contribution is -2.45. The molecule has 1 N–H and O–H groups in total. The average Bonchev–Trinajstić information content (AvgIpc) is 2.93. The lowest BCUT2D eigenvalue weighted by atomic mass is 9.88. The fourth-order valence-electron chi connectivity index (χ4n) is 3.48. The van der Waals surface area contributed by atoms with E-state index in [0.717, 1.165) is 29.1 Å². The third kappa shape index (κ3) is 5.20. The Balaban J connectivity index is 1.68.